The van der Waals surface area contributed by atoms with Crippen molar-refractivity contribution in [2.24, 2.45) is 5.92 Å². The minimum absolute atomic E-state index is 0.0914. The molecule has 1 N–H and O–H groups in total. The molecule has 2 amide bonds. The number of aromatic nitrogens is 1. The second kappa shape index (κ2) is 9.83. The predicted molar refractivity (Wildman–Crippen MR) is 121 cm³/mol. The van der Waals surface area contributed by atoms with E-state index in [4.69, 9.17) is 0 Å². The summed E-state index contributed by atoms with van der Waals surface area (Å²) in [5.41, 5.74) is 0.418. The third-order valence-electron chi connectivity index (χ3n) is 6.55. The summed E-state index contributed by atoms with van der Waals surface area (Å²) in [6, 6.07) is 4.92. The number of nitrogens with zero attached hydrogens (tertiary/aromatic N) is 2. The highest BCUT2D eigenvalue weighted by Gasteiger charge is 2.31. The van der Waals surface area contributed by atoms with Crippen LogP contribution < -0.4 is 5.32 Å². The van der Waals surface area contributed by atoms with Gasteiger partial charge in [-0.2, -0.15) is 13.2 Å². The standard InChI is InChI=1S/C24H28F3N3O2S/c1-15-20(33-22(28-15)17-7-9-18(10-8-17)24(25,26)27)23(32)30-13-11-19(12-14-30)29-21(31)16-5-3-2-4-6-16/h7-10,16,19H,2-6,11-14H2,1H3,(H,29,31). The molecule has 9 heteroatoms. The lowest BCUT2D eigenvalue weighted by Crippen LogP contribution is -2.48. The average Bonchev–Trinajstić information content (AvgIpc) is 3.21. The van der Waals surface area contributed by atoms with Crippen molar-refractivity contribution in [2.75, 3.05) is 13.1 Å². The van der Waals surface area contributed by atoms with Gasteiger partial charge >= 0.3 is 6.18 Å². The molecule has 1 aromatic carbocycles. The zero-order valence-corrected chi connectivity index (χ0v) is 19.4. The molecule has 0 radical (unpaired) electrons. The van der Waals surface area contributed by atoms with E-state index in [1.54, 1.807) is 11.8 Å². The molecular weight excluding hydrogens is 451 g/mol. The van der Waals surface area contributed by atoms with Crippen LogP contribution in [0.2, 0.25) is 0 Å². The van der Waals surface area contributed by atoms with E-state index in [9.17, 15) is 22.8 Å². The quantitative estimate of drug-likeness (QED) is 0.635. The smallest absolute Gasteiger partial charge is 0.353 e. The Morgan fingerprint density at radius 1 is 1.03 bits per heavy atom. The number of hydrogen-bond acceptors (Lipinski definition) is 4. The summed E-state index contributed by atoms with van der Waals surface area (Å²) in [6.07, 6.45) is 2.43. The summed E-state index contributed by atoms with van der Waals surface area (Å²) in [6.45, 7) is 2.86. The molecule has 2 aromatic rings. The highest BCUT2D eigenvalue weighted by atomic mass is 32.1. The number of halogens is 3. The molecule has 0 unspecified atom stereocenters. The van der Waals surface area contributed by atoms with Crippen molar-refractivity contribution < 1.29 is 22.8 Å². The summed E-state index contributed by atoms with van der Waals surface area (Å²) < 4.78 is 38.4. The first-order valence-electron chi connectivity index (χ1n) is 11.5. The van der Waals surface area contributed by atoms with E-state index in [0.717, 1.165) is 37.8 Å². The Morgan fingerprint density at radius 3 is 2.27 bits per heavy atom. The molecular formula is C24H28F3N3O2S. The second-order valence-corrected chi connectivity index (χ2v) is 9.92. The fourth-order valence-corrected chi connectivity index (χ4v) is 5.61. The van der Waals surface area contributed by atoms with Gasteiger partial charge in [0.1, 0.15) is 9.88 Å². The van der Waals surface area contributed by atoms with Gasteiger partial charge in [-0.15, -0.1) is 11.3 Å². The van der Waals surface area contributed by atoms with Crippen molar-refractivity contribution in [3.63, 3.8) is 0 Å². The van der Waals surface area contributed by atoms with E-state index in [-0.39, 0.29) is 23.8 Å². The van der Waals surface area contributed by atoms with Gasteiger partial charge < -0.3 is 10.2 Å². The van der Waals surface area contributed by atoms with E-state index < -0.39 is 11.7 Å². The van der Waals surface area contributed by atoms with Crippen molar-refractivity contribution in [3.05, 3.63) is 40.4 Å². The molecule has 2 aliphatic rings. The number of rotatable bonds is 4. The number of likely N-dealkylation sites (tertiary alicyclic amines) is 1. The van der Waals surface area contributed by atoms with Crippen molar-refractivity contribution in [3.8, 4) is 10.6 Å². The number of amides is 2. The van der Waals surface area contributed by atoms with Gasteiger partial charge in [0, 0.05) is 30.6 Å². The number of carbonyl (C=O) groups excluding carboxylic acids is 2. The highest BCUT2D eigenvalue weighted by Crippen LogP contribution is 2.33. The Hall–Kier alpha value is -2.42. The SMILES string of the molecule is Cc1nc(-c2ccc(C(F)(F)F)cc2)sc1C(=O)N1CCC(NC(=O)C2CCCCC2)CC1. The van der Waals surface area contributed by atoms with Gasteiger partial charge in [-0.05, 0) is 44.7 Å². The van der Waals surface area contributed by atoms with Crippen LogP contribution in [0.15, 0.2) is 24.3 Å². The summed E-state index contributed by atoms with van der Waals surface area (Å²) in [5, 5.41) is 3.70. The van der Waals surface area contributed by atoms with Gasteiger partial charge in [0.2, 0.25) is 5.91 Å². The summed E-state index contributed by atoms with van der Waals surface area (Å²) in [5.74, 6) is 0.168. The number of aryl methyl sites for hydroxylation is 1. The molecule has 1 aliphatic heterocycles. The van der Waals surface area contributed by atoms with Crippen LogP contribution in [0.5, 0.6) is 0 Å². The van der Waals surface area contributed by atoms with Gasteiger partial charge in [-0.25, -0.2) is 4.98 Å². The fraction of sp³-hybridized carbons (Fsp3) is 0.542. The van der Waals surface area contributed by atoms with Gasteiger partial charge in [0.05, 0.1) is 11.3 Å². The Balaban J connectivity index is 1.35. The molecule has 2 fully saturated rings. The average molecular weight is 480 g/mol. The van der Waals surface area contributed by atoms with Gasteiger partial charge in [-0.1, -0.05) is 31.4 Å². The molecule has 33 heavy (non-hydrogen) atoms. The van der Waals surface area contributed by atoms with Crippen LogP contribution in [0.3, 0.4) is 0 Å². The number of nitrogens with one attached hydrogen (secondary N) is 1. The number of thiazole rings is 1. The topological polar surface area (TPSA) is 62.3 Å². The highest BCUT2D eigenvalue weighted by molar-refractivity contribution is 7.17. The van der Waals surface area contributed by atoms with E-state index in [0.29, 0.717) is 47.1 Å². The maximum absolute atomic E-state index is 13.1. The number of benzene rings is 1. The normalized spacial score (nSPS) is 18.4. The zero-order chi connectivity index (χ0) is 23.6. The van der Waals surface area contributed by atoms with Gasteiger partial charge in [0.25, 0.3) is 5.91 Å². The lowest BCUT2D eigenvalue weighted by molar-refractivity contribution is -0.137. The van der Waals surface area contributed by atoms with Crippen molar-refractivity contribution in [1.82, 2.24) is 15.2 Å². The Bertz CT molecular complexity index is 989. The minimum Gasteiger partial charge on any atom is -0.353 e. The third-order valence-corrected chi connectivity index (χ3v) is 7.75. The van der Waals surface area contributed by atoms with Crippen molar-refractivity contribution >= 4 is 23.2 Å². The maximum atomic E-state index is 13.1. The monoisotopic (exact) mass is 479 g/mol. The summed E-state index contributed by atoms with van der Waals surface area (Å²) >= 11 is 1.20. The van der Waals surface area contributed by atoms with Crippen LogP contribution in [-0.4, -0.2) is 40.8 Å². The van der Waals surface area contributed by atoms with E-state index >= 15 is 0 Å². The molecule has 4 rings (SSSR count). The number of hydrogen-bond donors (Lipinski definition) is 1. The third kappa shape index (κ3) is 5.57. The fourth-order valence-electron chi connectivity index (χ4n) is 4.57. The predicted octanol–water partition coefficient (Wildman–Crippen LogP) is 5.44. The van der Waals surface area contributed by atoms with Crippen LogP contribution in [-0.2, 0) is 11.0 Å². The first-order chi connectivity index (χ1) is 15.7. The van der Waals surface area contributed by atoms with E-state index in [2.05, 4.69) is 10.3 Å². The molecule has 1 saturated heterocycles. The summed E-state index contributed by atoms with van der Waals surface area (Å²) in [4.78, 5) is 32.3. The largest absolute Gasteiger partial charge is 0.416 e. The molecule has 0 atom stereocenters. The Morgan fingerprint density at radius 2 is 1.67 bits per heavy atom. The van der Waals surface area contributed by atoms with Crippen molar-refractivity contribution in [2.45, 2.75) is 64.1 Å². The number of piperidine rings is 1. The second-order valence-electron chi connectivity index (χ2n) is 8.92. The molecule has 0 bridgehead atoms. The zero-order valence-electron chi connectivity index (χ0n) is 18.6. The van der Waals surface area contributed by atoms with E-state index in [1.165, 1.54) is 29.9 Å². The Kier molecular flexibility index (Phi) is 7.07. The first-order valence-corrected chi connectivity index (χ1v) is 12.3. The van der Waals surface area contributed by atoms with Gasteiger partial charge in [0.15, 0.2) is 0 Å². The maximum Gasteiger partial charge on any atom is 0.416 e. The molecule has 1 aliphatic carbocycles. The first kappa shape index (κ1) is 23.7. The molecule has 1 aromatic heterocycles. The Labute approximate surface area is 195 Å². The molecule has 1 saturated carbocycles. The summed E-state index contributed by atoms with van der Waals surface area (Å²) in [7, 11) is 0. The van der Waals surface area contributed by atoms with Crippen LogP contribution in [0.1, 0.15) is 65.9 Å². The lowest BCUT2D eigenvalue weighted by atomic mass is 9.88. The van der Waals surface area contributed by atoms with Gasteiger partial charge in [-0.3, -0.25) is 9.59 Å². The van der Waals surface area contributed by atoms with Crippen LogP contribution >= 0.6 is 11.3 Å². The minimum atomic E-state index is -4.39. The number of carbonyl (C=O) groups is 2. The van der Waals surface area contributed by atoms with E-state index in [1.807, 2.05) is 0 Å². The molecule has 178 valence electrons. The molecule has 0 spiro atoms. The van der Waals surface area contributed by atoms with Crippen molar-refractivity contribution in [1.29, 1.82) is 0 Å². The number of alkyl halides is 3. The van der Waals surface area contributed by atoms with Crippen LogP contribution in [0, 0.1) is 12.8 Å². The lowest BCUT2D eigenvalue weighted by Gasteiger charge is -2.33. The molecule has 2 heterocycles. The van der Waals surface area contributed by atoms with Crippen LogP contribution in [0.25, 0.3) is 10.6 Å². The van der Waals surface area contributed by atoms with Crippen LogP contribution in [0.4, 0.5) is 13.2 Å². The molecule has 5 nitrogen and oxygen atoms in total.